The quantitative estimate of drug-likeness (QED) is 0.279. The zero-order valence-corrected chi connectivity index (χ0v) is 21.5. The van der Waals surface area contributed by atoms with Gasteiger partial charge in [-0.15, -0.1) is 0 Å². The largest absolute Gasteiger partial charge is 0.534 e. The highest BCUT2D eigenvalue weighted by Crippen LogP contribution is 2.36. The fourth-order valence-corrected chi connectivity index (χ4v) is 4.47. The smallest absolute Gasteiger partial charge is 0.397 e. The maximum absolute atomic E-state index is 6.27. The van der Waals surface area contributed by atoms with Gasteiger partial charge in [-0.1, -0.05) is 91.0 Å². The summed E-state index contributed by atoms with van der Waals surface area (Å²) in [6, 6.07) is 33.2. The summed E-state index contributed by atoms with van der Waals surface area (Å²) in [5, 5.41) is 2.46. The van der Waals surface area contributed by atoms with E-state index in [9.17, 15) is 0 Å². The van der Waals surface area contributed by atoms with Crippen molar-refractivity contribution >= 4 is 23.6 Å². The van der Waals surface area contributed by atoms with Crippen LogP contribution in [0, 0.1) is 0 Å². The molecule has 0 radical (unpaired) electrons. The Morgan fingerprint density at radius 2 is 1.03 bits per heavy atom. The lowest BCUT2D eigenvalue weighted by atomic mass is 9.89. The highest BCUT2D eigenvalue weighted by Gasteiger charge is 2.53. The molecule has 6 rings (SSSR count). The average molecular weight is 485 g/mol. The van der Waals surface area contributed by atoms with Crippen LogP contribution in [0.15, 0.2) is 97.1 Å². The van der Waals surface area contributed by atoms with Gasteiger partial charge in [0.1, 0.15) is 0 Å². The second kappa shape index (κ2) is 8.91. The average Bonchev–Trinajstić information content (AvgIpc) is 3.15. The highest BCUT2D eigenvalue weighted by atomic mass is 16.7. The van der Waals surface area contributed by atoms with E-state index in [1.807, 2.05) is 58.0 Å². The highest BCUT2D eigenvalue weighted by molar-refractivity contribution is 6.60. The Morgan fingerprint density at radius 1 is 0.514 bits per heavy atom. The molecule has 37 heavy (non-hydrogen) atoms. The summed E-state index contributed by atoms with van der Waals surface area (Å²) in [5.74, 6) is 1.18. The first-order chi connectivity index (χ1) is 17.8. The van der Waals surface area contributed by atoms with Gasteiger partial charge in [0.05, 0.1) is 11.2 Å². The molecule has 0 aliphatic carbocycles. The number of aromatic nitrogens is 3. The maximum atomic E-state index is 6.27. The monoisotopic (exact) mass is 485 g/mol. The van der Waals surface area contributed by atoms with Crippen LogP contribution in [-0.4, -0.2) is 33.3 Å². The van der Waals surface area contributed by atoms with Crippen LogP contribution in [0.25, 0.3) is 44.7 Å². The van der Waals surface area contributed by atoms with E-state index in [1.165, 1.54) is 16.3 Å². The van der Waals surface area contributed by atoms with E-state index in [1.54, 1.807) is 0 Å². The molecule has 6 heteroatoms. The molecule has 5 nitrogen and oxygen atoms in total. The molecule has 0 bridgehead atoms. The Kier molecular flexibility index (Phi) is 5.66. The number of rotatable bonds is 4. The lowest BCUT2D eigenvalue weighted by Gasteiger charge is -2.32. The van der Waals surface area contributed by atoms with Crippen molar-refractivity contribution in [3.63, 3.8) is 0 Å². The second-order valence-corrected chi connectivity index (χ2v) is 10.4. The van der Waals surface area contributed by atoms with Crippen LogP contribution in [-0.2, 0) is 9.31 Å². The molecule has 5 aromatic rings. The SMILES string of the molecule is CC1(C)OB(c2nc(-c3ccccc3)nc(-c3ccc(-c4ccc5ccccc5c4)cc3)n2)OC1(C)C. The van der Waals surface area contributed by atoms with Gasteiger partial charge in [-0.05, 0) is 55.7 Å². The lowest BCUT2D eigenvalue weighted by molar-refractivity contribution is 0.00578. The van der Waals surface area contributed by atoms with Crippen LogP contribution in [0.1, 0.15) is 27.7 Å². The van der Waals surface area contributed by atoms with Gasteiger partial charge < -0.3 is 9.31 Å². The normalized spacial score (nSPS) is 16.3. The zero-order valence-electron chi connectivity index (χ0n) is 21.5. The Labute approximate surface area is 217 Å². The van der Waals surface area contributed by atoms with Crippen LogP contribution in [0.3, 0.4) is 0 Å². The van der Waals surface area contributed by atoms with Crippen LogP contribution in [0.2, 0.25) is 0 Å². The number of fused-ring (bicyclic) bond motifs is 1. The van der Waals surface area contributed by atoms with Gasteiger partial charge in [0, 0.05) is 11.1 Å². The summed E-state index contributed by atoms with van der Waals surface area (Å²) in [4.78, 5) is 14.4. The van der Waals surface area contributed by atoms with E-state index in [0.717, 1.165) is 16.7 Å². The molecule has 0 amide bonds. The summed E-state index contributed by atoms with van der Waals surface area (Å²) in [7, 11) is -0.675. The Morgan fingerprint density at radius 3 is 1.68 bits per heavy atom. The molecule has 1 aromatic heterocycles. The Balaban J connectivity index is 1.39. The van der Waals surface area contributed by atoms with E-state index in [-0.39, 0.29) is 0 Å². The standard InChI is InChI=1S/C31H28BN3O2/c1-30(2)31(3,4)37-32(36-30)29-34-27(23-11-6-5-7-12-23)33-28(35-29)24-17-14-22(15-18-24)26-19-16-21-10-8-9-13-25(21)20-26/h5-20H,1-4H3. The Hall–Kier alpha value is -3.87. The molecule has 0 N–H and O–H groups in total. The molecular weight excluding hydrogens is 457 g/mol. The minimum absolute atomic E-state index is 0.473. The molecule has 1 aliphatic heterocycles. The fraction of sp³-hybridized carbons (Fsp3) is 0.194. The first-order valence-corrected chi connectivity index (χ1v) is 12.6. The minimum Gasteiger partial charge on any atom is -0.397 e. The second-order valence-electron chi connectivity index (χ2n) is 10.4. The molecule has 1 fully saturated rings. The summed E-state index contributed by atoms with van der Waals surface area (Å²) < 4.78 is 12.5. The van der Waals surface area contributed by atoms with E-state index in [2.05, 4.69) is 66.7 Å². The van der Waals surface area contributed by atoms with E-state index >= 15 is 0 Å². The van der Waals surface area contributed by atoms with Gasteiger partial charge in [0.15, 0.2) is 17.4 Å². The molecule has 0 spiro atoms. The fourth-order valence-electron chi connectivity index (χ4n) is 4.47. The first-order valence-electron chi connectivity index (χ1n) is 12.6. The topological polar surface area (TPSA) is 57.1 Å². The van der Waals surface area contributed by atoms with Crippen molar-refractivity contribution in [2.45, 2.75) is 38.9 Å². The van der Waals surface area contributed by atoms with Gasteiger partial charge in [-0.3, -0.25) is 0 Å². The summed E-state index contributed by atoms with van der Waals surface area (Å²) in [6.07, 6.45) is 0. The van der Waals surface area contributed by atoms with Crippen molar-refractivity contribution in [1.29, 1.82) is 0 Å². The third-order valence-electron chi connectivity index (χ3n) is 7.37. The van der Waals surface area contributed by atoms with Crippen LogP contribution in [0.5, 0.6) is 0 Å². The molecule has 1 aliphatic rings. The van der Waals surface area contributed by atoms with Crippen molar-refractivity contribution in [3.8, 4) is 33.9 Å². The Bertz CT molecular complexity index is 1570. The molecule has 1 saturated heterocycles. The predicted molar refractivity (Wildman–Crippen MR) is 149 cm³/mol. The number of hydrogen-bond acceptors (Lipinski definition) is 5. The van der Waals surface area contributed by atoms with Gasteiger partial charge in [0.25, 0.3) is 0 Å². The predicted octanol–water partition coefficient (Wildman–Crippen LogP) is 6.33. The van der Waals surface area contributed by atoms with Crippen LogP contribution < -0.4 is 5.72 Å². The van der Waals surface area contributed by atoms with Crippen molar-refractivity contribution in [2.75, 3.05) is 0 Å². The molecule has 0 atom stereocenters. The van der Waals surface area contributed by atoms with Gasteiger partial charge in [-0.2, -0.15) is 0 Å². The molecule has 4 aromatic carbocycles. The third kappa shape index (κ3) is 4.43. The number of nitrogens with zero attached hydrogens (tertiary/aromatic N) is 3. The third-order valence-corrected chi connectivity index (χ3v) is 7.37. The maximum Gasteiger partial charge on any atom is 0.534 e. The zero-order chi connectivity index (χ0) is 25.6. The van der Waals surface area contributed by atoms with Gasteiger partial charge >= 0.3 is 7.12 Å². The van der Waals surface area contributed by atoms with Crippen LogP contribution >= 0.6 is 0 Å². The number of hydrogen-bond donors (Lipinski definition) is 0. The number of benzene rings is 4. The summed E-state index contributed by atoms with van der Waals surface area (Å²) in [5.41, 5.74) is 3.62. The van der Waals surface area contributed by atoms with E-state index in [0.29, 0.717) is 17.4 Å². The molecule has 2 heterocycles. The lowest BCUT2D eigenvalue weighted by Crippen LogP contribution is -2.41. The van der Waals surface area contributed by atoms with Gasteiger partial charge in [0.2, 0.25) is 0 Å². The molecule has 0 unspecified atom stereocenters. The summed E-state index contributed by atoms with van der Waals surface area (Å²) >= 11 is 0. The molecule has 182 valence electrons. The minimum atomic E-state index is -0.675. The summed E-state index contributed by atoms with van der Waals surface area (Å²) in [6.45, 7) is 8.11. The van der Waals surface area contributed by atoms with Crippen molar-refractivity contribution < 1.29 is 9.31 Å². The van der Waals surface area contributed by atoms with Crippen molar-refractivity contribution in [2.24, 2.45) is 0 Å². The van der Waals surface area contributed by atoms with E-state index < -0.39 is 18.3 Å². The van der Waals surface area contributed by atoms with Gasteiger partial charge in [-0.25, -0.2) is 15.0 Å². The van der Waals surface area contributed by atoms with Crippen molar-refractivity contribution in [1.82, 2.24) is 15.0 Å². The molecular formula is C31H28BN3O2. The molecule has 0 saturated carbocycles. The van der Waals surface area contributed by atoms with Crippen molar-refractivity contribution in [3.05, 3.63) is 97.1 Å². The first kappa shape index (κ1) is 23.5. The van der Waals surface area contributed by atoms with Crippen LogP contribution in [0.4, 0.5) is 0 Å². The van der Waals surface area contributed by atoms with E-state index in [4.69, 9.17) is 24.3 Å².